The van der Waals surface area contributed by atoms with Crippen LogP contribution in [-0.4, -0.2) is 170 Å². The molecule has 15 nitrogen and oxygen atoms in total. The molecule has 0 aromatic heterocycles. The predicted octanol–water partition coefficient (Wildman–Crippen LogP) is 33.3. The van der Waals surface area contributed by atoms with E-state index < -0.39 is 76.2 Å². The molecule has 0 saturated carbocycles. The molecule has 1 amide bonds. The monoisotopic (exact) mass is 2080 g/mol. The fourth-order valence-corrected chi connectivity index (χ4v) is 21.5. The fraction of sp³-hybridized carbons (Fsp3) is 0.880. The Kier molecular flexibility index (Phi) is 85.4. The number of amides is 1. The van der Waals surface area contributed by atoms with E-state index in [2.05, 4.69) is 299 Å². The molecule has 21 heteroatoms. The third kappa shape index (κ3) is 62.4. The number of allylic oxidation sites excluding steroid dienone is 11. The van der Waals surface area contributed by atoms with Crippen LogP contribution in [-0.2, 0) is 76.2 Å². The maximum absolute atomic E-state index is 11.8. The number of ether oxygens (including phenoxy) is 1. The lowest BCUT2D eigenvalue weighted by Crippen LogP contribution is -2.41. The molecule has 3 atom stereocenters. The topological polar surface area (TPSA) is 207 Å². The lowest BCUT2D eigenvalue weighted by molar-refractivity contribution is -0.151. The van der Waals surface area contributed by atoms with Gasteiger partial charge in [0, 0.05) is 113 Å². The van der Waals surface area contributed by atoms with Crippen LogP contribution >= 0.6 is 0 Å². The van der Waals surface area contributed by atoms with Crippen LogP contribution in [0.3, 0.4) is 0 Å². The lowest BCUT2D eigenvalue weighted by atomic mass is 9.90. The third-order valence-corrected chi connectivity index (χ3v) is 45.5. The van der Waals surface area contributed by atoms with E-state index in [0.29, 0.717) is 71.4 Å². The number of carbonyl (C=O) groups is 2. The molecule has 0 aliphatic carbocycles. The standard InChI is InChI=1S/2C14H26.C11H23N.C9H19N.3C9H20O2S.3C9H20OS.C8H17NO.C7H14O2/c2*1-9(2)11(5)13(7)14(8)12(6)10(3)4;1-8(2)10(5)11(6)12(7)9(3)4;1-8(2)6-7-10(5)9(3)4;3*1-7(2)9(5,6)12(10,11)8(3)4;3*1-7(2)9(5,6)11(10)8(3)4;1-6(2)8(10)9(5)7(3)4;1-5(2)7(8)9-6(3)4/h2*9-10H,1-8H3;8-9H,1-7H3;6-9H,1-5H3;3*7-8H,1-6H3;3*7-8H,1-6H3;6-7H,1-5H3;5-6H,1-4H3/b2*13-11+,14-12+;11-10+;7-6+;;;;;;;;. The largest absolute Gasteiger partial charge is 0.463 e. The summed E-state index contributed by atoms with van der Waals surface area (Å²) in [6.45, 7) is 144. The molecule has 0 aliphatic rings. The molecule has 0 aromatic rings. The minimum Gasteiger partial charge on any atom is -0.463 e. The van der Waals surface area contributed by atoms with Gasteiger partial charge in [0.25, 0.3) is 0 Å². The van der Waals surface area contributed by atoms with Gasteiger partial charge in [0.05, 0.1) is 42.0 Å². The Bertz CT molecular complexity index is 3610. The van der Waals surface area contributed by atoms with Gasteiger partial charge in [0.15, 0.2) is 29.5 Å². The maximum atomic E-state index is 11.8. The van der Waals surface area contributed by atoms with Crippen molar-refractivity contribution in [2.75, 3.05) is 21.1 Å². The smallest absolute Gasteiger partial charge is 0.308 e. The summed E-state index contributed by atoms with van der Waals surface area (Å²) in [5.41, 5.74) is 14.9. The predicted molar refractivity (Wildman–Crippen MR) is 630 cm³/mol. The van der Waals surface area contributed by atoms with Gasteiger partial charge in [-0.15, -0.1) is 0 Å². The molecule has 836 valence electrons. The highest BCUT2D eigenvalue weighted by atomic mass is 32.2. The number of carbonyl (C=O) groups excluding carboxylic acids is 2. The first kappa shape index (κ1) is 160. The quantitative estimate of drug-likeness (QED) is 0.0434. The highest BCUT2D eigenvalue weighted by Gasteiger charge is 2.42. The Labute approximate surface area is 875 Å². The molecule has 0 spiro atoms. The van der Waals surface area contributed by atoms with Gasteiger partial charge in [-0.2, -0.15) is 0 Å². The Morgan fingerprint density at radius 3 is 0.558 bits per heavy atom. The second-order valence-electron chi connectivity index (χ2n) is 48.5. The van der Waals surface area contributed by atoms with Crippen molar-refractivity contribution in [1.82, 2.24) is 14.7 Å². The minimum absolute atomic E-state index is 0.00704. The normalized spacial score (nSPS) is 14.3. The van der Waals surface area contributed by atoms with Crippen LogP contribution < -0.4 is 0 Å². The molecule has 0 N–H and O–H groups in total. The average molecular weight is 2080 g/mol. The number of rotatable bonds is 34. The summed E-state index contributed by atoms with van der Waals surface area (Å²) in [4.78, 5) is 28.2. The van der Waals surface area contributed by atoms with Crippen LogP contribution in [0.25, 0.3) is 0 Å². The average Bonchev–Trinajstić information content (AvgIpc) is 0.798. The van der Waals surface area contributed by atoms with E-state index >= 15 is 0 Å². The number of esters is 1. The molecule has 3 unspecified atom stereocenters. The van der Waals surface area contributed by atoms with Gasteiger partial charge < -0.3 is 19.4 Å². The second kappa shape index (κ2) is 73.4. The van der Waals surface area contributed by atoms with Crippen LogP contribution in [0.2, 0.25) is 0 Å². The Hall–Kier alpha value is -2.72. The number of hydrogen-bond donors (Lipinski definition) is 0. The highest BCUT2D eigenvalue weighted by Crippen LogP contribution is 2.35. The van der Waals surface area contributed by atoms with Gasteiger partial charge >= 0.3 is 5.97 Å². The molecule has 0 aromatic carbocycles. The third-order valence-electron chi connectivity index (χ3n) is 28.9. The SMILES string of the molecule is C/C(=C(/C)N(C)C(C)C)C(C)C.CC(/C(C)=C(\C)C(C)C)=C(/C)C(C)C.CC(/C(C)=C(\C)C(C)C)=C(/C)C(C)C.CC(C)/C=C/N(C)C(C)C.CC(C)C(=O)N(C)C(C)C.CC(C)C(C)(C)S(=O)(=O)C(C)C.CC(C)C(C)(C)S(=O)(=O)C(C)C.CC(C)C(C)(C)S(=O)(=O)C(C)C.CC(C)OC(=O)C(C)C.CC(C)S(=O)C(C)(C)C(C)C.CC(C)S(=O)C(C)(C)C(C)C.CC(C)S(=O)C(C)(C)C(C)C. The van der Waals surface area contributed by atoms with Gasteiger partial charge in [-0.05, 0) is 349 Å². The van der Waals surface area contributed by atoms with Crippen molar-refractivity contribution in [1.29, 1.82) is 0 Å². The molecule has 0 aliphatic heterocycles. The van der Waals surface area contributed by atoms with E-state index in [1.807, 2.05) is 146 Å². The number of nitrogens with zero attached hydrogens (tertiary/aromatic N) is 3. The molecule has 0 fully saturated rings. The molecule has 0 heterocycles. The van der Waals surface area contributed by atoms with Gasteiger partial charge in [-0.25, -0.2) is 25.3 Å². The molecular weight excluding hydrogens is 1830 g/mol. The molecule has 0 saturated heterocycles. The summed E-state index contributed by atoms with van der Waals surface area (Å²) in [5, 5.41) is -0.0353. The zero-order valence-electron chi connectivity index (χ0n) is 106. The van der Waals surface area contributed by atoms with Crippen LogP contribution in [0.1, 0.15) is 485 Å². The maximum Gasteiger partial charge on any atom is 0.308 e. The van der Waals surface area contributed by atoms with Gasteiger partial charge in [-0.1, -0.05) is 269 Å². The van der Waals surface area contributed by atoms with E-state index in [-0.39, 0.29) is 93.3 Å². The van der Waals surface area contributed by atoms with Crippen LogP contribution in [0.15, 0.2) is 68.1 Å². The summed E-state index contributed by atoms with van der Waals surface area (Å²) in [7, 11) is -4.96. The lowest BCUT2D eigenvalue weighted by Gasteiger charge is -2.30. The fourth-order valence-electron chi connectivity index (χ4n) is 10.8. The van der Waals surface area contributed by atoms with E-state index in [1.165, 1.54) is 55.9 Å². The van der Waals surface area contributed by atoms with Crippen molar-refractivity contribution in [3.05, 3.63) is 68.1 Å². The van der Waals surface area contributed by atoms with E-state index in [1.54, 1.807) is 88.0 Å². The first-order valence-corrected chi connectivity index (χ1v) is 61.0. The molecule has 0 rings (SSSR count). The van der Waals surface area contributed by atoms with Crippen molar-refractivity contribution in [3.63, 3.8) is 0 Å². The van der Waals surface area contributed by atoms with Crippen molar-refractivity contribution in [2.24, 2.45) is 82.9 Å². The minimum atomic E-state index is -2.98. The number of hydrogen-bond acceptors (Lipinski definition) is 14. The van der Waals surface area contributed by atoms with Gasteiger partial charge in [-0.3, -0.25) is 22.2 Å². The van der Waals surface area contributed by atoms with Crippen LogP contribution in [0.4, 0.5) is 0 Å². The Balaban J connectivity index is -0.000000126. The van der Waals surface area contributed by atoms with E-state index in [4.69, 9.17) is 4.74 Å². The van der Waals surface area contributed by atoms with Crippen molar-refractivity contribution < 1.29 is 52.2 Å². The van der Waals surface area contributed by atoms with Crippen LogP contribution in [0, 0.1) is 82.9 Å². The molecule has 0 radical (unpaired) electrons. The summed E-state index contributed by atoms with van der Waals surface area (Å²) in [6, 6.07) is 1.52. The van der Waals surface area contributed by atoms with Crippen LogP contribution in [0.5, 0.6) is 0 Å². The molecule has 0 bridgehead atoms. The van der Waals surface area contributed by atoms with Crippen molar-refractivity contribution in [2.45, 2.75) is 569 Å². The Morgan fingerprint density at radius 1 is 0.275 bits per heavy atom. The summed E-state index contributed by atoms with van der Waals surface area (Å²) in [5.74, 6) is 6.05. The summed E-state index contributed by atoms with van der Waals surface area (Å²) >= 11 is 0. The van der Waals surface area contributed by atoms with Gasteiger partial charge in [0.1, 0.15) is 0 Å². The van der Waals surface area contributed by atoms with Crippen molar-refractivity contribution in [3.8, 4) is 0 Å². The number of sulfone groups is 3. The molecular formula is C117H245N3O12S6. The highest BCUT2D eigenvalue weighted by molar-refractivity contribution is 7.94. The van der Waals surface area contributed by atoms with Crippen molar-refractivity contribution >= 4 is 73.8 Å². The van der Waals surface area contributed by atoms with E-state index in [0.717, 1.165) is 0 Å². The zero-order chi connectivity index (χ0) is 115. The summed E-state index contributed by atoms with van der Waals surface area (Å²) in [6.07, 6.45) is 4.37. The Morgan fingerprint density at radius 2 is 0.471 bits per heavy atom. The summed E-state index contributed by atoms with van der Waals surface area (Å²) < 4.78 is 109. The van der Waals surface area contributed by atoms with Gasteiger partial charge in [0.2, 0.25) is 5.91 Å². The first-order chi connectivity index (χ1) is 60.8. The zero-order valence-corrected chi connectivity index (χ0v) is 111. The van der Waals surface area contributed by atoms with E-state index in [9.17, 15) is 47.5 Å². The second-order valence-corrected chi connectivity index (χ2v) is 65.6. The molecule has 138 heavy (non-hydrogen) atoms. The first-order valence-electron chi connectivity index (χ1n) is 52.7.